The lowest BCUT2D eigenvalue weighted by atomic mass is 9.93. The van der Waals surface area contributed by atoms with E-state index in [1.54, 1.807) is 13.2 Å². The van der Waals surface area contributed by atoms with Crippen molar-refractivity contribution in [2.75, 3.05) is 25.2 Å². The molecule has 1 heterocycles. The molecular weight excluding hydrogens is 293 g/mol. The predicted octanol–water partition coefficient (Wildman–Crippen LogP) is 2.31. The van der Waals surface area contributed by atoms with Crippen LogP contribution in [0.15, 0.2) is 18.2 Å². The van der Waals surface area contributed by atoms with Crippen LogP contribution in [0.4, 0.5) is 4.39 Å². The molecule has 0 bridgehead atoms. The zero-order valence-corrected chi connectivity index (χ0v) is 13.2. The maximum Gasteiger partial charge on any atom is 0.150 e. The summed E-state index contributed by atoms with van der Waals surface area (Å²) in [7, 11) is -1.34. The van der Waals surface area contributed by atoms with Crippen molar-refractivity contribution in [2.45, 2.75) is 25.8 Å². The maximum atomic E-state index is 13.5. The first-order valence-corrected chi connectivity index (χ1v) is 9.04. The molecule has 2 rings (SSSR count). The van der Waals surface area contributed by atoms with Crippen LogP contribution >= 0.6 is 0 Å². The number of hydrogen-bond donors (Lipinski definition) is 1. The lowest BCUT2D eigenvalue weighted by molar-refractivity contribution is 0.377. The summed E-state index contributed by atoms with van der Waals surface area (Å²) in [5.41, 5.74) is 0.753. The van der Waals surface area contributed by atoms with Gasteiger partial charge in [-0.25, -0.2) is 12.8 Å². The summed E-state index contributed by atoms with van der Waals surface area (Å²) in [4.78, 5) is 0. The number of hydrogen-bond acceptors (Lipinski definition) is 4. The number of ether oxygens (including phenoxy) is 1. The van der Waals surface area contributed by atoms with E-state index in [9.17, 15) is 12.8 Å². The zero-order valence-electron chi connectivity index (χ0n) is 12.4. The molecule has 118 valence electrons. The normalized spacial score (nSPS) is 22.1. The van der Waals surface area contributed by atoms with Gasteiger partial charge in [0.05, 0.1) is 18.6 Å². The van der Waals surface area contributed by atoms with Crippen LogP contribution in [0, 0.1) is 11.7 Å². The van der Waals surface area contributed by atoms with Crippen molar-refractivity contribution in [1.82, 2.24) is 5.32 Å². The van der Waals surface area contributed by atoms with Crippen molar-refractivity contribution in [3.63, 3.8) is 0 Å². The van der Waals surface area contributed by atoms with Gasteiger partial charge in [0.1, 0.15) is 11.6 Å². The Labute approximate surface area is 125 Å². The second kappa shape index (κ2) is 6.75. The average molecular weight is 315 g/mol. The Hall–Kier alpha value is -1.14. The molecule has 0 radical (unpaired) electrons. The van der Waals surface area contributed by atoms with Crippen molar-refractivity contribution >= 4 is 9.84 Å². The predicted molar refractivity (Wildman–Crippen MR) is 80.7 cm³/mol. The summed E-state index contributed by atoms with van der Waals surface area (Å²) in [6.07, 6.45) is 1.36. The molecule has 1 aromatic carbocycles. The summed E-state index contributed by atoms with van der Waals surface area (Å²) < 4.78 is 42.0. The number of nitrogens with one attached hydrogen (secondary N) is 1. The largest absolute Gasteiger partial charge is 0.496 e. The van der Waals surface area contributed by atoms with Crippen LogP contribution < -0.4 is 10.1 Å². The van der Waals surface area contributed by atoms with Crippen molar-refractivity contribution in [1.29, 1.82) is 0 Å². The van der Waals surface area contributed by atoms with Gasteiger partial charge < -0.3 is 10.1 Å². The standard InChI is InChI=1S/C15H22FNO3S/c1-3-17-14(8-11-6-7-21(18,19)10-11)13-9-12(16)4-5-15(13)20-2/h4-5,9,11,14,17H,3,6-8,10H2,1-2H3. The Morgan fingerprint density at radius 2 is 2.24 bits per heavy atom. The molecule has 1 saturated heterocycles. The number of methoxy groups -OCH3 is 1. The van der Waals surface area contributed by atoms with Crippen molar-refractivity contribution in [2.24, 2.45) is 5.92 Å². The van der Waals surface area contributed by atoms with Crippen LogP contribution in [-0.2, 0) is 9.84 Å². The number of rotatable bonds is 6. The van der Waals surface area contributed by atoms with Gasteiger partial charge in [0.15, 0.2) is 9.84 Å². The quantitative estimate of drug-likeness (QED) is 0.875. The van der Waals surface area contributed by atoms with E-state index >= 15 is 0 Å². The van der Waals surface area contributed by atoms with Gasteiger partial charge in [-0.15, -0.1) is 0 Å². The number of benzene rings is 1. The molecule has 0 saturated carbocycles. The molecule has 2 atom stereocenters. The highest BCUT2D eigenvalue weighted by Gasteiger charge is 2.30. The molecule has 0 aromatic heterocycles. The topological polar surface area (TPSA) is 55.4 Å². The highest BCUT2D eigenvalue weighted by atomic mass is 32.2. The first-order valence-electron chi connectivity index (χ1n) is 7.22. The second-order valence-electron chi connectivity index (χ2n) is 5.50. The van der Waals surface area contributed by atoms with Gasteiger partial charge in [0.25, 0.3) is 0 Å². The fourth-order valence-corrected chi connectivity index (χ4v) is 4.82. The van der Waals surface area contributed by atoms with Crippen LogP contribution in [0.2, 0.25) is 0 Å². The van der Waals surface area contributed by atoms with Crippen molar-refractivity contribution in [3.8, 4) is 5.75 Å². The summed E-state index contributed by atoms with van der Waals surface area (Å²) in [6, 6.07) is 4.35. The van der Waals surface area contributed by atoms with Gasteiger partial charge in [-0.05, 0) is 43.5 Å². The fraction of sp³-hybridized carbons (Fsp3) is 0.600. The third-order valence-electron chi connectivity index (χ3n) is 3.91. The smallest absolute Gasteiger partial charge is 0.150 e. The number of halogens is 1. The molecule has 6 heteroatoms. The van der Waals surface area contributed by atoms with Gasteiger partial charge in [-0.1, -0.05) is 6.92 Å². The van der Waals surface area contributed by atoms with Gasteiger partial charge in [0, 0.05) is 11.6 Å². The molecule has 4 nitrogen and oxygen atoms in total. The van der Waals surface area contributed by atoms with Crippen LogP contribution in [0.25, 0.3) is 0 Å². The van der Waals surface area contributed by atoms with Gasteiger partial charge >= 0.3 is 0 Å². The van der Waals surface area contributed by atoms with E-state index in [2.05, 4.69) is 5.32 Å². The zero-order chi connectivity index (χ0) is 15.5. The van der Waals surface area contributed by atoms with Gasteiger partial charge in [-0.2, -0.15) is 0 Å². The first kappa shape index (κ1) is 16.2. The minimum Gasteiger partial charge on any atom is -0.496 e. The Bertz CT molecular complexity index is 589. The molecule has 0 amide bonds. The van der Waals surface area contributed by atoms with Gasteiger partial charge in [0.2, 0.25) is 0 Å². The van der Waals surface area contributed by atoms with E-state index in [0.29, 0.717) is 18.6 Å². The molecule has 1 aliphatic heterocycles. The summed E-state index contributed by atoms with van der Waals surface area (Å²) >= 11 is 0. The van der Waals surface area contributed by atoms with Crippen LogP contribution in [0.5, 0.6) is 5.75 Å². The molecule has 1 aromatic rings. The average Bonchev–Trinajstić information content (AvgIpc) is 2.77. The van der Waals surface area contributed by atoms with Crippen molar-refractivity contribution in [3.05, 3.63) is 29.6 Å². The lowest BCUT2D eigenvalue weighted by Gasteiger charge is -2.23. The highest BCUT2D eigenvalue weighted by Crippen LogP contribution is 2.33. The minimum absolute atomic E-state index is 0.0982. The highest BCUT2D eigenvalue weighted by molar-refractivity contribution is 7.91. The molecule has 0 spiro atoms. The van der Waals surface area contributed by atoms with E-state index in [1.165, 1.54) is 12.1 Å². The second-order valence-corrected chi connectivity index (χ2v) is 7.73. The van der Waals surface area contributed by atoms with E-state index in [1.807, 2.05) is 6.92 Å². The van der Waals surface area contributed by atoms with E-state index in [-0.39, 0.29) is 29.3 Å². The monoisotopic (exact) mass is 315 g/mol. The summed E-state index contributed by atoms with van der Waals surface area (Å²) in [5.74, 6) is 0.923. The van der Waals surface area contributed by atoms with E-state index < -0.39 is 9.84 Å². The Kier molecular flexibility index (Phi) is 5.22. The van der Waals surface area contributed by atoms with Crippen molar-refractivity contribution < 1.29 is 17.5 Å². The van der Waals surface area contributed by atoms with E-state index in [4.69, 9.17) is 4.74 Å². The molecule has 1 fully saturated rings. The van der Waals surface area contributed by atoms with Crippen LogP contribution in [-0.4, -0.2) is 33.6 Å². The molecule has 1 N–H and O–H groups in total. The molecule has 21 heavy (non-hydrogen) atoms. The lowest BCUT2D eigenvalue weighted by Crippen LogP contribution is -2.24. The fourth-order valence-electron chi connectivity index (χ4n) is 2.94. The number of sulfone groups is 1. The molecule has 1 aliphatic rings. The molecule has 0 aliphatic carbocycles. The molecular formula is C15H22FNO3S. The van der Waals surface area contributed by atoms with Crippen LogP contribution in [0.3, 0.4) is 0 Å². The Morgan fingerprint density at radius 1 is 1.48 bits per heavy atom. The maximum absolute atomic E-state index is 13.5. The third-order valence-corrected chi connectivity index (χ3v) is 5.75. The minimum atomic E-state index is -2.90. The molecule has 2 unspecified atom stereocenters. The Balaban J connectivity index is 2.21. The summed E-state index contributed by atoms with van der Waals surface area (Å²) in [6.45, 7) is 2.70. The Morgan fingerprint density at radius 3 is 2.81 bits per heavy atom. The third kappa shape index (κ3) is 4.17. The van der Waals surface area contributed by atoms with E-state index in [0.717, 1.165) is 12.1 Å². The summed E-state index contributed by atoms with van der Waals surface area (Å²) in [5, 5.41) is 3.31. The van der Waals surface area contributed by atoms with Crippen LogP contribution in [0.1, 0.15) is 31.4 Å². The van der Waals surface area contributed by atoms with Gasteiger partial charge in [-0.3, -0.25) is 0 Å². The SMILES string of the molecule is CCNC(CC1CCS(=O)(=O)C1)c1cc(F)ccc1OC. The first-order chi connectivity index (χ1) is 9.95.